The monoisotopic (exact) mass is 344 g/mol. The molecule has 0 saturated carbocycles. The third-order valence-corrected chi connectivity index (χ3v) is 4.28. The molecule has 94 valence electrons. The molecule has 2 aromatic carbocycles. The zero-order valence-electron chi connectivity index (χ0n) is 9.52. The molecule has 0 radical (unpaired) electrons. The molecule has 5 heteroatoms. The molecule has 0 atom stereocenters. The number of benzene rings is 2. The quantitative estimate of drug-likeness (QED) is 0.818. The Morgan fingerprint density at radius 1 is 1.00 bits per heavy atom. The van der Waals surface area contributed by atoms with Gasteiger partial charge in [-0.05, 0) is 41.5 Å². The molecule has 0 heterocycles. The van der Waals surface area contributed by atoms with Gasteiger partial charge in [0.05, 0.1) is 4.90 Å². The van der Waals surface area contributed by atoms with E-state index in [1.807, 2.05) is 12.1 Å². The molecular formula is C13H10BrClO2S. The predicted octanol–water partition coefficient (Wildman–Crippen LogP) is 4.17. The van der Waals surface area contributed by atoms with E-state index < -0.39 is 9.84 Å². The molecule has 18 heavy (non-hydrogen) atoms. The highest BCUT2D eigenvalue weighted by molar-refractivity contribution is 9.10. The fraction of sp³-hybridized carbons (Fsp3) is 0.0769. The van der Waals surface area contributed by atoms with E-state index in [0.717, 1.165) is 15.6 Å². The second-order valence-corrected chi connectivity index (χ2v) is 7.32. The second-order valence-electron chi connectivity index (χ2n) is 3.95. The van der Waals surface area contributed by atoms with Crippen LogP contribution in [0.2, 0.25) is 5.02 Å². The van der Waals surface area contributed by atoms with Gasteiger partial charge in [-0.1, -0.05) is 39.7 Å². The Labute approximate surface area is 120 Å². The lowest BCUT2D eigenvalue weighted by atomic mass is 10.1. The Hall–Kier alpha value is -0.840. The Balaban J connectivity index is 2.46. The van der Waals surface area contributed by atoms with Gasteiger partial charge in [-0.15, -0.1) is 0 Å². The van der Waals surface area contributed by atoms with Gasteiger partial charge in [0.2, 0.25) is 0 Å². The first-order chi connectivity index (χ1) is 8.36. The van der Waals surface area contributed by atoms with E-state index >= 15 is 0 Å². The standard InChI is InChI=1S/C13H10BrClO2S/c1-18(16,17)13-4-2-9(3-5-13)10-6-11(14)8-12(15)7-10/h2-8H,1H3. The number of hydrogen-bond acceptors (Lipinski definition) is 2. The zero-order valence-corrected chi connectivity index (χ0v) is 12.7. The lowest BCUT2D eigenvalue weighted by Crippen LogP contribution is -1.96. The summed E-state index contributed by atoms with van der Waals surface area (Å²) in [5.74, 6) is 0. The van der Waals surface area contributed by atoms with Crippen molar-refractivity contribution in [3.63, 3.8) is 0 Å². The summed E-state index contributed by atoms with van der Waals surface area (Å²) in [4.78, 5) is 0.312. The number of halogens is 2. The van der Waals surface area contributed by atoms with Crippen LogP contribution in [0.4, 0.5) is 0 Å². The van der Waals surface area contributed by atoms with E-state index in [4.69, 9.17) is 11.6 Å². The minimum atomic E-state index is -3.15. The van der Waals surface area contributed by atoms with E-state index in [0.29, 0.717) is 9.92 Å². The highest BCUT2D eigenvalue weighted by atomic mass is 79.9. The van der Waals surface area contributed by atoms with E-state index in [-0.39, 0.29) is 0 Å². The number of rotatable bonds is 2. The van der Waals surface area contributed by atoms with Crippen LogP contribution in [-0.4, -0.2) is 14.7 Å². The summed E-state index contributed by atoms with van der Waals surface area (Å²) in [6, 6.07) is 12.3. The van der Waals surface area contributed by atoms with E-state index in [1.165, 1.54) is 6.26 Å². The van der Waals surface area contributed by atoms with E-state index in [1.54, 1.807) is 30.3 Å². The van der Waals surface area contributed by atoms with Crippen molar-refractivity contribution >= 4 is 37.4 Å². The zero-order chi connectivity index (χ0) is 13.3. The molecule has 0 saturated heterocycles. The van der Waals surface area contributed by atoms with Gasteiger partial charge >= 0.3 is 0 Å². The fourth-order valence-electron chi connectivity index (χ4n) is 1.62. The van der Waals surface area contributed by atoms with Crippen LogP contribution in [-0.2, 0) is 9.84 Å². The minimum absolute atomic E-state index is 0.312. The van der Waals surface area contributed by atoms with Gasteiger partial charge in [0.1, 0.15) is 0 Å². The number of sulfone groups is 1. The van der Waals surface area contributed by atoms with Crippen LogP contribution < -0.4 is 0 Å². The molecule has 0 aliphatic heterocycles. The Kier molecular flexibility index (Phi) is 3.80. The van der Waals surface area contributed by atoms with Crippen molar-refractivity contribution in [2.45, 2.75) is 4.90 Å². The molecule has 0 N–H and O–H groups in total. The Morgan fingerprint density at radius 3 is 2.11 bits per heavy atom. The summed E-state index contributed by atoms with van der Waals surface area (Å²) < 4.78 is 23.6. The molecule has 0 bridgehead atoms. The normalized spacial score (nSPS) is 11.5. The van der Waals surface area contributed by atoms with Crippen molar-refractivity contribution in [1.82, 2.24) is 0 Å². The van der Waals surface area contributed by atoms with Crippen LogP contribution >= 0.6 is 27.5 Å². The number of hydrogen-bond donors (Lipinski definition) is 0. The van der Waals surface area contributed by atoms with Crippen molar-refractivity contribution in [3.8, 4) is 11.1 Å². The highest BCUT2D eigenvalue weighted by Crippen LogP contribution is 2.28. The molecule has 0 aliphatic carbocycles. The molecule has 0 aliphatic rings. The summed E-state index contributed by atoms with van der Waals surface area (Å²) >= 11 is 9.35. The van der Waals surface area contributed by atoms with E-state index in [2.05, 4.69) is 15.9 Å². The van der Waals surface area contributed by atoms with Crippen molar-refractivity contribution in [2.24, 2.45) is 0 Å². The smallest absolute Gasteiger partial charge is 0.175 e. The molecule has 0 amide bonds. The third kappa shape index (κ3) is 3.13. The van der Waals surface area contributed by atoms with Crippen molar-refractivity contribution in [1.29, 1.82) is 0 Å². The first-order valence-corrected chi connectivity index (χ1v) is 8.19. The van der Waals surface area contributed by atoms with Gasteiger partial charge in [0, 0.05) is 15.8 Å². The molecule has 0 spiro atoms. The van der Waals surface area contributed by atoms with Crippen molar-refractivity contribution in [3.05, 3.63) is 52.0 Å². The molecule has 2 rings (SSSR count). The van der Waals surface area contributed by atoms with Crippen LogP contribution in [0.25, 0.3) is 11.1 Å². The van der Waals surface area contributed by atoms with Gasteiger partial charge in [0.15, 0.2) is 9.84 Å². The van der Waals surface area contributed by atoms with Crippen LogP contribution in [0, 0.1) is 0 Å². The highest BCUT2D eigenvalue weighted by Gasteiger charge is 2.07. The maximum atomic E-state index is 11.4. The van der Waals surface area contributed by atoms with Crippen LogP contribution in [0.5, 0.6) is 0 Å². The van der Waals surface area contributed by atoms with Crippen LogP contribution in [0.15, 0.2) is 51.8 Å². The van der Waals surface area contributed by atoms with Crippen LogP contribution in [0.1, 0.15) is 0 Å². The predicted molar refractivity (Wildman–Crippen MR) is 77.7 cm³/mol. The molecule has 2 nitrogen and oxygen atoms in total. The lowest BCUT2D eigenvalue weighted by Gasteiger charge is -2.05. The van der Waals surface area contributed by atoms with Crippen LogP contribution in [0.3, 0.4) is 0 Å². The maximum Gasteiger partial charge on any atom is 0.175 e. The Morgan fingerprint density at radius 2 is 1.61 bits per heavy atom. The average Bonchev–Trinajstić information content (AvgIpc) is 2.27. The van der Waals surface area contributed by atoms with Gasteiger partial charge in [-0.2, -0.15) is 0 Å². The minimum Gasteiger partial charge on any atom is -0.224 e. The van der Waals surface area contributed by atoms with Gasteiger partial charge in [-0.25, -0.2) is 8.42 Å². The third-order valence-electron chi connectivity index (χ3n) is 2.48. The molecule has 0 fully saturated rings. The SMILES string of the molecule is CS(=O)(=O)c1ccc(-c2cc(Cl)cc(Br)c2)cc1. The largest absolute Gasteiger partial charge is 0.224 e. The van der Waals surface area contributed by atoms with Gasteiger partial charge in [0.25, 0.3) is 0 Å². The summed E-state index contributed by atoms with van der Waals surface area (Å²) in [5, 5.41) is 0.631. The summed E-state index contributed by atoms with van der Waals surface area (Å²) in [6.07, 6.45) is 1.19. The summed E-state index contributed by atoms with van der Waals surface area (Å²) in [5.41, 5.74) is 1.86. The topological polar surface area (TPSA) is 34.1 Å². The first kappa shape index (κ1) is 13.6. The van der Waals surface area contributed by atoms with E-state index in [9.17, 15) is 8.42 Å². The lowest BCUT2D eigenvalue weighted by molar-refractivity contribution is 0.602. The van der Waals surface area contributed by atoms with Crippen molar-refractivity contribution < 1.29 is 8.42 Å². The Bertz CT molecular complexity index is 658. The average molecular weight is 346 g/mol. The second kappa shape index (κ2) is 5.03. The molecule has 0 unspecified atom stereocenters. The van der Waals surface area contributed by atoms with Crippen molar-refractivity contribution in [2.75, 3.05) is 6.26 Å². The first-order valence-electron chi connectivity index (χ1n) is 5.13. The summed E-state index contributed by atoms with van der Waals surface area (Å²) in [6.45, 7) is 0. The van der Waals surface area contributed by atoms with Gasteiger partial charge in [-0.3, -0.25) is 0 Å². The maximum absolute atomic E-state index is 11.4. The fourth-order valence-corrected chi connectivity index (χ4v) is 3.11. The summed E-state index contributed by atoms with van der Waals surface area (Å²) in [7, 11) is -3.15. The van der Waals surface area contributed by atoms with Gasteiger partial charge < -0.3 is 0 Å². The molecule has 0 aromatic heterocycles. The molecular weight excluding hydrogens is 336 g/mol. The molecule has 2 aromatic rings.